The molecule has 0 aliphatic heterocycles. The quantitative estimate of drug-likeness (QED) is 0.904. The van der Waals surface area contributed by atoms with Gasteiger partial charge in [0.1, 0.15) is 5.82 Å². The topological polar surface area (TPSA) is 50.9 Å². The van der Waals surface area contributed by atoms with Gasteiger partial charge in [-0.1, -0.05) is 28.9 Å². The first kappa shape index (κ1) is 12.0. The lowest BCUT2D eigenvalue weighted by atomic mass is 10.2. The van der Waals surface area contributed by atoms with Crippen molar-refractivity contribution < 1.29 is 9.50 Å². The van der Waals surface area contributed by atoms with Crippen LogP contribution in [0, 0.1) is 5.82 Å². The molecule has 1 aromatic heterocycles. The molecule has 0 atom stereocenters. The van der Waals surface area contributed by atoms with E-state index in [4.69, 9.17) is 16.7 Å². The first-order valence-corrected chi connectivity index (χ1v) is 5.51. The standard InChI is InChI=1S/C11H11ClFN3O/c12-11-8(2-1-3-10(11)13)6-16-7-9(4-5-17)14-15-16/h1-3,7,17H,4-6H2. The van der Waals surface area contributed by atoms with Crippen molar-refractivity contribution in [3.8, 4) is 0 Å². The fourth-order valence-corrected chi connectivity index (χ4v) is 1.68. The van der Waals surface area contributed by atoms with Crippen LogP contribution in [0.3, 0.4) is 0 Å². The van der Waals surface area contributed by atoms with Crippen molar-refractivity contribution in [2.45, 2.75) is 13.0 Å². The second kappa shape index (κ2) is 5.25. The highest BCUT2D eigenvalue weighted by atomic mass is 35.5. The van der Waals surface area contributed by atoms with Crippen molar-refractivity contribution in [1.82, 2.24) is 15.0 Å². The summed E-state index contributed by atoms with van der Waals surface area (Å²) in [6.07, 6.45) is 2.16. The molecule has 1 N–H and O–H groups in total. The number of benzene rings is 1. The summed E-state index contributed by atoms with van der Waals surface area (Å²) >= 11 is 5.83. The summed E-state index contributed by atoms with van der Waals surface area (Å²) in [6.45, 7) is 0.383. The smallest absolute Gasteiger partial charge is 0.142 e. The molecule has 1 heterocycles. The number of halogens is 2. The van der Waals surface area contributed by atoms with Crippen LogP contribution < -0.4 is 0 Å². The molecule has 90 valence electrons. The van der Waals surface area contributed by atoms with Crippen molar-refractivity contribution in [2.24, 2.45) is 0 Å². The normalized spacial score (nSPS) is 10.8. The molecular formula is C11H11ClFN3O. The van der Waals surface area contributed by atoms with E-state index in [0.717, 1.165) is 0 Å². The molecule has 1 aromatic carbocycles. The molecule has 0 aliphatic carbocycles. The van der Waals surface area contributed by atoms with Crippen LogP contribution in [0.25, 0.3) is 0 Å². The lowest BCUT2D eigenvalue weighted by Crippen LogP contribution is -2.01. The zero-order valence-electron chi connectivity index (χ0n) is 8.98. The van der Waals surface area contributed by atoms with E-state index >= 15 is 0 Å². The van der Waals surface area contributed by atoms with Crippen LogP contribution in [0.5, 0.6) is 0 Å². The van der Waals surface area contributed by atoms with Gasteiger partial charge in [-0.25, -0.2) is 9.07 Å². The minimum absolute atomic E-state index is 0.0272. The fraction of sp³-hybridized carbons (Fsp3) is 0.273. The Morgan fingerprint density at radius 3 is 3.00 bits per heavy atom. The van der Waals surface area contributed by atoms with Crippen LogP contribution in [0.1, 0.15) is 11.3 Å². The van der Waals surface area contributed by atoms with Crippen LogP contribution in [-0.2, 0) is 13.0 Å². The van der Waals surface area contributed by atoms with Gasteiger partial charge in [0.2, 0.25) is 0 Å². The number of hydrogen-bond donors (Lipinski definition) is 1. The summed E-state index contributed by atoms with van der Waals surface area (Å²) in [5.74, 6) is -0.445. The van der Waals surface area contributed by atoms with Gasteiger partial charge >= 0.3 is 0 Å². The largest absolute Gasteiger partial charge is 0.396 e. The van der Waals surface area contributed by atoms with Crippen LogP contribution in [0.2, 0.25) is 5.02 Å². The van der Waals surface area contributed by atoms with Gasteiger partial charge in [0.25, 0.3) is 0 Å². The Morgan fingerprint density at radius 2 is 2.24 bits per heavy atom. The van der Waals surface area contributed by atoms with Gasteiger partial charge in [0.15, 0.2) is 0 Å². The summed E-state index contributed by atoms with van der Waals surface area (Å²) in [7, 11) is 0. The zero-order chi connectivity index (χ0) is 12.3. The maximum absolute atomic E-state index is 13.2. The Labute approximate surface area is 103 Å². The van der Waals surface area contributed by atoms with E-state index in [-0.39, 0.29) is 11.6 Å². The van der Waals surface area contributed by atoms with Gasteiger partial charge < -0.3 is 5.11 Å². The monoisotopic (exact) mass is 255 g/mol. The summed E-state index contributed by atoms with van der Waals surface area (Å²) in [5, 5.41) is 16.6. The molecule has 0 saturated heterocycles. The number of aliphatic hydroxyl groups excluding tert-OH is 1. The van der Waals surface area contributed by atoms with E-state index in [9.17, 15) is 4.39 Å². The molecule has 0 spiro atoms. The summed E-state index contributed by atoms with van der Waals surface area (Å²) < 4.78 is 14.8. The fourth-order valence-electron chi connectivity index (χ4n) is 1.49. The lowest BCUT2D eigenvalue weighted by Gasteiger charge is -2.04. The Bertz CT molecular complexity index is 515. The van der Waals surface area contributed by atoms with E-state index in [0.29, 0.717) is 24.2 Å². The number of hydrogen-bond acceptors (Lipinski definition) is 3. The minimum Gasteiger partial charge on any atom is -0.396 e. The van der Waals surface area contributed by atoms with Gasteiger partial charge in [0, 0.05) is 19.2 Å². The van der Waals surface area contributed by atoms with Gasteiger partial charge in [-0.15, -0.1) is 5.10 Å². The summed E-state index contributed by atoms with van der Waals surface area (Å²) in [6, 6.07) is 4.64. The third kappa shape index (κ3) is 2.81. The average Bonchev–Trinajstić information content (AvgIpc) is 2.73. The third-order valence-corrected chi connectivity index (χ3v) is 2.74. The molecule has 0 aliphatic rings. The van der Waals surface area contributed by atoms with E-state index in [1.54, 1.807) is 23.0 Å². The lowest BCUT2D eigenvalue weighted by molar-refractivity contribution is 0.298. The summed E-state index contributed by atoms with van der Waals surface area (Å²) in [4.78, 5) is 0. The maximum Gasteiger partial charge on any atom is 0.142 e. The van der Waals surface area contributed by atoms with Crippen molar-refractivity contribution in [3.63, 3.8) is 0 Å². The molecule has 0 unspecified atom stereocenters. The SMILES string of the molecule is OCCc1cn(Cc2cccc(F)c2Cl)nn1. The first-order chi connectivity index (χ1) is 8.20. The van der Waals surface area contributed by atoms with Gasteiger partial charge in [-0.05, 0) is 11.6 Å². The van der Waals surface area contributed by atoms with E-state index in [2.05, 4.69) is 10.3 Å². The average molecular weight is 256 g/mol. The Kier molecular flexibility index (Phi) is 3.71. The van der Waals surface area contributed by atoms with E-state index in [1.807, 2.05) is 0 Å². The highest BCUT2D eigenvalue weighted by molar-refractivity contribution is 6.31. The van der Waals surface area contributed by atoms with Crippen molar-refractivity contribution in [2.75, 3.05) is 6.61 Å². The molecule has 0 bridgehead atoms. The van der Waals surface area contributed by atoms with Crippen molar-refractivity contribution in [3.05, 3.63) is 46.5 Å². The van der Waals surface area contributed by atoms with E-state index < -0.39 is 5.82 Å². The van der Waals surface area contributed by atoms with Crippen LogP contribution in [0.15, 0.2) is 24.4 Å². The van der Waals surface area contributed by atoms with Gasteiger partial charge in [0.05, 0.1) is 17.3 Å². The Hall–Kier alpha value is -1.46. The molecule has 0 amide bonds. The van der Waals surface area contributed by atoms with E-state index in [1.165, 1.54) is 6.07 Å². The van der Waals surface area contributed by atoms with Crippen LogP contribution in [0.4, 0.5) is 4.39 Å². The molecule has 0 fully saturated rings. The van der Waals surface area contributed by atoms with Gasteiger partial charge in [-0.2, -0.15) is 0 Å². The zero-order valence-corrected chi connectivity index (χ0v) is 9.73. The molecule has 17 heavy (non-hydrogen) atoms. The number of aliphatic hydroxyl groups is 1. The second-order valence-electron chi connectivity index (χ2n) is 3.59. The first-order valence-electron chi connectivity index (χ1n) is 5.13. The predicted molar refractivity (Wildman–Crippen MR) is 61.3 cm³/mol. The number of rotatable bonds is 4. The van der Waals surface area contributed by atoms with Crippen molar-refractivity contribution >= 4 is 11.6 Å². The Morgan fingerprint density at radius 1 is 1.41 bits per heavy atom. The van der Waals surface area contributed by atoms with Crippen molar-refractivity contribution in [1.29, 1.82) is 0 Å². The van der Waals surface area contributed by atoms with Crippen LogP contribution >= 0.6 is 11.6 Å². The minimum atomic E-state index is -0.445. The van der Waals surface area contributed by atoms with Crippen LogP contribution in [-0.4, -0.2) is 26.7 Å². The third-order valence-electron chi connectivity index (χ3n) is 2.32. The molecule has 2 rings (SSSR count). The number of nitrogens with zero attached hydrogens (tertiary/aromatic N) is 3. The molecule has 6 heteroatoms. The molecule has 2 aromatic rings. The second-order valence-corrected chi connectivity index (χ2v) is 3.97. The number of aromatic nitrogens is 3. The highest BCUT2D eigenvalue weighted by Gasteiger charge is 2.07. The maximum atomic E-state index is 13.2. The highest BCUT2D eigenvalue weighted by Crippen LogP contribution is 2.20. The van der Waals surface area contributed by atoms with Gasteiger partial charge in [-0.3, -0.25) is 0 Å². The predicted octanol–water partition coefficient (Wildman–Crippen LogP) is 1.65. The Balaban J connectivity index is 2.16. The molecule has 0 saturated carbocycles. The summed E-state index contributed by atoms with van der Waals surface area (Å²) in [5.41, 5.74) is 1.34. The molecule has 0 radical (unpaired) electrons. The molecule has 4 nitrogen and oxygen atoms in total. The molecular weight excluding hydrogens is 245 g/mol.